The molecule has 0 amide bonds. The lowest BCUT2D eigenvalue weighted by atomic mass is 9.75. The van der Waals surface area contributed by atoms with Crippen molar-refractivity contribution in [1.29, 1.82) is 0 Å². The molecule has 2 unspecified atom stereocenters. The van der Waals surface area contributed by atoms with Crippen LogP contribution in [-0.4, -0.2) is 120 Å². The predicted octanol–water partition coefficient (Wildman–Crippen LogP) is 9.90. The Morgan fingerprint density at radius 1 is 0.393 bits per heavy atom. The number of fused-ring (bicyclic) bond motifs is 5. The summed E-state index contributed by atoms with van der Waals surface area (Å²) in [5.41, 5.74) is 4.23. The molecule has 10 aromatic heterocycles. The van der Waals surface area contributed by atoms with Gasteiger partial charge in [-0.2, -0.15) is 0 Å². The molecule has 0 aliphatic heterocycles. The highest BCUT2D eigenvalue weighted by molar-refractivity contribution is 5.76. The van der Waals surface area contributed by atoms with Crippen molar-refractivity contribution in [2.24, 2.45) is 45.9 Å². The molecule has 6 saturated carbocycles. The average Bonchev–Trinajstić information content (AvgIpc) is 1.54. The second-order valence-electron chi connectivity index (χ2n) is 32.8. The van der Waals surface area contributed by atoms with Crippen LogP contribution in [0.3, 0.4) is 0 Å². The van der Waals surface area contributed by atoms with Crippen LogP contribution < -0.4 is 56.2 Å². The molecular formula is C86H117N21O10. The summed E-state index contributed by atoms with van der Waals surface area (Å²) >= 11 is 0. The van der Waals surface area contributed by atoms with E-state index in [0.29, 0.717) is 132 Å². The Labute approximate surface area is 676 Å². The number of hydrogen-bond acceptors (Lipinski definition) is 16. The minimum atomic E-state index is -0.352. The number of aromatic amines is 4. The number of benzene rings is 2. The molecule has 12 aromatic rings. The van der Waals surface area contributed by atoms with Crippen molar-refractivity contribution < 1.29 is 0 Å². The van der Waals surface area contributed by atoms with Crippen LogP contribution >= 0.6 is 0 Å². The monoisotopic (exact) mass is 1600 g/mol. The molecule has 0 spiro atoms. The Kier molecular flexibility index (Phi) is 26.1. The van der Waals surface area contributed by atoms with Crippen molar-refractivity contribution in [3.63, 3.8) is 0 Å². The number of nitrogens with one attached hydrogen (secondary N) is 4. The number of H-pyrrole nitrogens is 4. The number of nitrogens with zero attached hydrogens (tertiary/aromatic N) is 17. The molecule has 2 atom stereocenters. The molecule has 4 bridgehead atoms. The quantitative estimate of drug-likeness (QED) is 0.0437. The normalized spacial score (nSPS) is 17.7. The van der Waals surface area contributed by atoms with Gasteiger partial charge >= 0.3 is 28.4 Å². The fourth-order valence-electron chi connectivity index (χ4n) is 19.0. The van der Waals surface area contributed by atoms with Crippen LogP contribution in [0.1, 0.15) is 225 Å². The third-order valence-corrected chi connectivity index (χ3v) is 24.6. The van der Waals surface area contributed by atoms with E-state index in [4.69, 9.17) is 9.97 Å². The number of aryl methyl sites for hydroxylation is 5. The summed E-state index contributed by atoms with van der Waals surface area (Å²) in [7, 11) is 6.32. The fraction of sp³-hybridized carbons (Fsp3) is 0.570. The summed E-state index contributed by atoms with van der Waals surface area (Å²) < 4.78 is 16.1. The minimum absolute atomic E-state index is 0.127. The van der Waals surface area contributed by atoms with Gasteiger partial charge in [-0.05, 0) is 139 Å². The van der Waals surface area contributed by atoms with Gasteiger partial charge in [-0.15, -0.1) is 0 Å². The van der Waals surface area contributed by atoms with Crippen LogP contribution in [0.25, 0.3) is 67.2 Å². The van der Waals surface area contributed by atoms with Crippen LogP contribution in [0.5, 0.6) is 0 Å². The number of likely N-dealkylation sites (N-methyl/N-ethyl adjacent to an activating group) is 1. The summed E-state index contributed by atoms with van der Waals surface area (Å²) in [4.78, 5) is 164. The molecule has 117 heavy (non-hydrogen) atoms. The molecule has 6 aliphatic rings. The molecule has 6 fully saturated rings. The maximum Gasteiger partial charge on any atom is 0.332 e. The van der Waals surface area contributed by atoms with Crippen LogP contribution in [0, 0.1) is 17.8 Å². The van der Waals surface area contributed by atoms with Crippen molar-refractivity contribution in [1.82, 2.24) is 100.0 Å². The van der Waals surface area contributed by atoms with Gasteiger partial charge in [-0.25, -0.2) is 48.9 Å². The van der Waals surface area contributed by atoms with E-state index in [1.807, 2.05) is 87.7 Å². The van der Waals surface area contributed by atoms with Gasteiger partial charge in [0, 0.05) is 110 Å². The highest BCUT2D eigenvalue weighted by Gasteiger charge is 2.60. The first-order chi connectivity index (χ1) is 56.5. The Morgan fingerprint density at radius 3 is 1.31 bits per heavy atom. The van der Waals surface area contributed by atoms with Crippen molar-refractivity contribution in [3.05, 3.63) is 194 Å². The van der Waals surface area contributed by atoms with Crippen molar-refractivity contribution >= 4 is 55.8 Å². The van der Waals surface area contributed by atoms with Crippen LogP contribution in [0.15, 0.2) is 109 Å². The maximum absolute atomic E-state index is 13.0. The van der Waals surface area contributed by atoms with Crippen LogP contribution in [0.2, 0.25) is 0 Å². The third kappa shape index (κ3) is 16.4. The number of hydrogen-bond donors (Lipinski definition) is 4. The summed E-state index contributed by atoms with van der Waals surface area (Å²) in [5, 5.41) is 0. The molecule has 0 radical (unpaired) electrons. The second-order valence-corrected chi connectivity index (χ2v) is 32.8. The standard InChI is InChI=1S/C21H29N5O2.C20H28N4O2.C17H20N4O2.C16H24N4O2.C12H16N4O2/c1-5-12-25(6-2)13-14-26-17(15-16-10-8-7-9-11-16)22-19-18(26)20(27)24(4)21(28)23(19)3;1-3-5-23-16-15(17(25)24(6-4-2)19(23)26)21-18(22-16)20-10-12-7-13(11-20)9-14(20)8-12;1-3-10-20-15-13(16(22)21(11-4-2)17(20)23)18-14(19-15)12-8-6-5-7-9-12;1-3-9-19-14-12(15(21)20(10-4-2)16(19)22)17-13(18-14)11-7-5-6-8-11;1-15-10-8(11(17)16(2)12(15)18)13-9(14-10)7-5-3-4-6-7/h7-11H,5-6,12-15H2,1-4H3;12-14H,3-11H2,1-2H3,(H,21,22);5-9H,3-4,10-11H2,1-2H3,(H,18,19);11H,3-10H2,1-2H3,(H,17,18);7H,3-6H2,1-2H3,(H,13,14). The Bertz CT molecular complexity index is 6200. The van der Waals surface area contributed by atoms with Crippen molar-refractivity contribution in [2.45, 2.75) is 253 Å². The summed E-state index contributed by atoms with van der Waals surface area (Å²) in [6, 6.07) is 19.7. The van der Waals surface area contributed by atoms with E-state index in [2.05, 4.69) is 72.7 Å². The lowest BCUT2D eigenvalue weighted by Crippen LogP contribution is -2.40. The summed E-state index contributed by atoms with van der Waals surface area (Å²) in [6.07, 6.45) is 22.1. The molecule has 6 aliphatic carbocycles. The maximum atomic E-state index is 13.0. The highest BCUT2D eigenvalue weighted by atomic mass is 16.2. The SMILES string of the molecule is CCCN(CC)CCn1c(Cc2ccccc2)nc2c1c(=O)n(C)c(=O)n2C.CCCn1c(=O)c2[nH]c(-c3ccccc3)nc2n(CCC)c1=O.CCCn1c(=O)c2[nH]c(C34CC5CC(CC3C5)C4)nc2n(CCC)c1=O.CCCn1c(=O)c2[nH]c(C3CCCC3)nc2n(CCC)c1=O.Cn1c(=O)c2[nH]c(C3CCCC3)nc2n(C)c1=O. The number of rotatable bonds is 24. The van der Waals surface area contributed by atoms with E-state index in [9.17, 15) is 47.9 Å². The Hall–Kier alpha value is -10.8. The topological polar surface area (TPSA) is 356 Å². The van der Waals surface area contributed by atoms with E-state index < -0.39 is 0 Å². The first-order valence-electron chi connectivity index (χ1n) is 42.8. The fourth-order valence-corrected chi connectivity index (χ4v) is 19.0. The molecule has 31 nitrogen and oxygen atoms in total. The molecule has 4 N–H and O–H groups in total. The van der Waals surface area contributed by atoms with Crippen molar-refractivity contribution in [2.75, 3.05) is 19.6 Å². The van der Waals surface area contributed by atoms with Gasteiger partial charge in [0.25, 0.3) is 27.8 Å². The third-order valence-electron chi connectivity index (χ3n) is 24.6. The first kappa shape index (κ1) is 84.1. The van der Waals surface area contributed by atoms with Crippen LogP contribution in [0.4, 0.5) is 0 Å². The first-order valence-corrected chi connectivity index (χ1v) is 42.8. The zero-order valence-corrected chi connectivity index (χ0v) is 70.3. The van der Waals surface area contributed by atoms with Gasteiger partial charge in [-0.3, -0.25) is 69.6 Å². The largest absolute Gasteiger partial charge is 0.336 e. The van der Waals surface area contributed by atoms with E-state index in [1.54, 1.807) is 27.8 Å². The van der Waals surface area contributed by atoms with Gasteiger partial charge in [0.1, 0.15) is 51.2 Å². The molecule has 0 saturated heterocycles. The van der Waals surface area contributed by atoms with Gasteiger partial charge < -0.3 is 29.4 Å². The van der Waals surface area contributed by atoms with Crippen molar-refractivity contribution in [3.8, 4) is 11.4 Å². The zero-order valence-electron chi connectivity index (χ0n) is 70.3. The van der Waals surface area contributed by atoms with Gasteiger partial charge in [0.15, 0.2) is 33.8 Å². The van der Waals surface area contributed by atoms with E-state index in [1.165, 1.54) is 94.7 Å². The zero-order chi connectivity index (χ0) is 83.3. The second kappa shape index (κ2) is 36.3. The Balaban J connectivity index is 0.000000128. The van der Waals surface area contributed by atoms with E-state index in [0.717, 1.165) is 146 Å². The summed E-state index contributed by atoms with van der Waals surface area (Å²) in [5.74, 6) is 7.29. The smallest absolute Gasteiger partial charge is 0.332 e. The molecule has 10 heterocycles. The lowest BCUT2D eigenvalue weighted by molar-refractivity contribution is 0.262. The van der Waals surface area contributed by atoms with E-state index >= 15 is 0 Å². The summed E-state index contributed by atoms with van der Waals surface area (Å²) in [6.45, 7) is 22.9. The van der Waals surface area contributed by atoms with Gasteiger partial charge in [-0.1, -0.05) is 142 Å². The lowest BCUT2D eigenvalue weighted by Gasteiger charge is -2.30. The molecule has 18 rings (SSSR count). The van der Waals surface area contributed by atoms with Gasteiger partial charge in [0.05, 0.1) is 0 Å². The minimum Gasteiger partial charge on any atom is -0.336 e. The number of aromatic nitrogens is 20. The molecule has 31 heteroatoms. The van der Waals surface area contributed by atoms with Crippen LogP contribution in [-0.2, 0) is 85.8 Å². The predicted molar refractivity (Wildman–Crippen MR) is 457 cm³/mol. The van der Waals surface area contributed by atoms with Gasteiger partial charge in [0.2, 0.25) is 0 Å². The number of imidazole rings is 5. The molecule has 626 valence electrons. The average molecular weight is 1610 g/mol. The highest BCUT2D eigenvalue weighted by Crippen LogP contribution is 2.65. The van der Waals surface area contributed by atoms with E-state index in [-0.39, 0.29) is 61.7 Å². The Morgan fingerprint density at radius 2 is 0.821 bits per heavy atom. The molecular weight excluding hydrogens is 1490 g/mol. The molecule has 2 aromatic carbocycles.